The molecule has 1 fully saturated rings. The zero-order valence-electron chi connectivity index (χ0n) is 20.8. The Bertz CT molecular complexity index is 1110. The number of nitrogens with zero attached hydrogens (tertiary/aromatic N) is 4. The van der Waals surface area contributed by atoms with Gasteiger partial charge in [-0.2, -0.15) is 0 Å². The molecule has 0 aliphatic carbocycles. The van der Waals surface area contributed by atoms with Crippen LogP contribution in [0, 0.1) is 5.92 Å². The standard InChI is InChI=1S/C26H35N5O2S/c1-15(2)10-20(32)14-31-12-19(13-31)18-6-7-21-22(11-18)33-9-8-23-24(21)30-26(34-23)25(28-16(3)4)29-17(5)27/h6-7,11,15-16,19H,8-10,12-14H2,1-5H3,(H2,27,28,29). The third-order valence-electron chi connectivity index (χ3n) is 5.86. The lowest BCUT2D eigenvalue weighted by Gasteiger charge is -2.39. The molecule has 0 atom stereocenters. The predicted molar refractivity (Wildman–Crippen MR) is 139 cm³/mol. The van der Waals surface area contributed by atoms with Crippen LogP contribution in [0.2, 0.25) is 0 Å². The number of fused-ring (bicyclic) bond motifs is 3. The highest BCUT2D eigenvalue weighted by atomic mass is 32.1. The largest absolute Gasteiger partial charge is 0.492 e. The molecule has 2 aromatic rings. The Hall–Kier alpha value is -2.58. The third-order valence-corrected chi connectivity index (χ3v) is 6.97. The zero-order chi connectivity index (χ0) is 24.4. The molecule has 1 saturated heterocycles. The van der Waals surface area contributed by atoms with E-state index in [1.165, 1.54) is 10.4 Å². The van der Waals surface area contributed by atoms with E-state index in [2.05, 4.69) is 46.9 Å². The number of carbonyl (C=O) groups is 1. The van der Waals surface area contributed by atoms with Crippen LogP contribution in [0.15, 0.2) is 28.2 Å². The van der Waals surface area contributed by atoms with Gasteiger partial charge in [-0.3, -0.25) is 14.7 Å². The molecule has 8 heteroatoms. The van der Waals surface area contributed by atoms with Crippen molar-refractivity contribution in [2.24, 2.45) is 21.6 Å². The molecule has 0 unspecified atom stereocenters. The number of amidine groups is 2. The van der Waals surface area contributed by atoms with E-state index in [0.717, 1.165) is 41.5 Å². The smallest absolute Gasteiger partial charge is 0.186 e. The Balaban J connectivity index is 1.53. The first-order valence-electron chi connectivity index (χ1n) is 12.1. The number of ketones is 1. The molecular weight excluding hydrogens is 446 g/mol. The molecular formula is C26H35N5O2S. The molecule has 0 spiro atoms. The second-order valence-corrected chi connectivity index (χ2v) is 11.1. The first-order chi connectivity index (χ1) is 16.2. The van der Waals surface area contributed by atoms with Gasteiger partial charge < -0.3 is 10.5 Å². The Morgan fingerprint density at radius 1 is 1.29 bits per heavy atom. The van der Waals surface area contributed by atoms with Gasteiger partial charge in [-0.05, 0) is 44.4 Å². The van der Waals surface area contributed by atoms with Crippen molar-refractivity contribution < 1.29 is 9.53 Å². The average Bonchev–Trinajstić information content (AvgIpc) is 3.05. The Kier molecular flexibility index (Phi) is 7.48. The van der Waals surface area contributed by atoms with Crippen molar-refractivity contribution in [2.45, 2.75) is 59.4 Å². The van der Waals surface area contributed by atoms with Gasteiger partial charge in [-0.25, -0.2) is 9.98 Å². The highest BCUT2D eigenvalue weighted by Gasteiger charge is 2.31. The summed E-state index contributed by atoms with van der Waals surface area (Å²) < 4.78 is 6.13. The summed E-state index contributed by atoms with van der Waals surface area (Å²) in [6, 6.07) is 6.57. The number of hydrogen-bond donors (Lipinski definition) is 1. The highest BCUT2D eigenvalue weighted by Crippen LogP contribution is 2.40. The van der Waals surface area contributed by atoms with Gasteiger partial charge in [-0.1, -0.05) is 19.9 Å². The SMILES string of the molecule is CC(N)=NC(=NC(C)C)c1nc2c(s1)CCOc1cc(C3CN(CC(=O)CC(C)C)C3)ccc1-2. The van der Waals surface area contributed by atoms with Gasteiger partial charge in [0, 0.05) is 48.3 Å². The Labute approximate surface area is 206 Å². The fourth-order valence-electron chi connectivity index (χ4n) is 4.41. The number of likely N-dealkylation sites (tertiary alicyclic amines) is 1. The molecule has 0 bridgehead atoms. The predicted octanol–water partition coefficient (Wildman–Crippen LogP) is 4.29. The van der Waals surface area contributed by atoms with Crippen LogP contribution in [0.4, 0.5) is 0 Å². The van der Waals surface area contributed by atoms with E-state index < -0.39 is 0 Å². The van der Waals surface area contributed by atoms with Gasteiger partial charge in [0.2, 0.25) is 0 Å². The first-order valence-corrected chi connectivity index (χ1v) is 12.9. The molecule has 3 heterocycles. The van der Waals surface area contributed by atoms with E-state index in [1.807, 2.05) is 13.8 Å². The van der Waals surface area contributed by atoms with Crippen LogP contribution in [-0.2, 0) is 11.2 Å². The van der Waals surface area contributed by atoms with Crippen molar-refractivity contribution in [3.05, 3.63) is 33.6 Å². The van der Waals surface area contributed by atoms with Crippen LogP contribution in [0.1, 0.15) is 62.4 Å². The fourth-order valence-corrected chi connectivity index (χ4v) is 5.41. The number of aliphatic imine (C=N–C) groups is 2. The van der Waals surface area contributed by atoms with Gasteiger partial charge in [0.1, 0.15) is 11.5 Å². The molecule has 2 aliphatic rings. The lowest BCUT2D eigenvalue weighted by Crippen LogP contribution is -2.47. The van der Waals surface area contributed by atoms with Crippen molar-refractivity contribution in [1.29, 1.82) is 0 Å². The highest BCUT2D eigenvalue weighted by molar-refractivity contribution is 7.14. The van der Waals surface area contributed by atoms with Crippen LogP contribution in [0.3, 0.4) is 0 Å². The van der Waals surface area contributed by atoms with Gasteiger partial charge >= 0.3 is 0 Å². The van der Waals surface area contributed by atoms with E-state index >= 15 is 0 Å². The number of ether oxygens (including phenoxy) is 1. The lowest BCUT2D eigenvalue weighted by atomic mass is 9.89. The van der Waals surface area contributed by atoms with Gasteiger partial charge in [0.15, 0.2) is 10.8 Å². The summed E-state index contributed by atoms with van der Waals surface area (Å²) >= 11 is 1.62. The molecule has 1 aromatic heterocycles. The van der Waals surface area contributed by atoms with E-state index in [1.54, 1.807) is 18.3 Å². The van der Waals surface area contributed by atoms with E-state index in [9.17, 15) is 4.79 Å². The van der Waals surface area contributed by atoms with Crippen LogP contribution >= 0.6 is 11.3 Å². The minimum Gasteiger partial charge on any atom is -0.492 e. The molecule has 4 rings (SSSR count). The van der Waals surface area contributed by atoms with E-state index in [-0.39, 0.29) is 6.04 Å². The average molecular weight is 482 g/mol. The normalized spacial score (nSPS) is 17.3. The summed E-state index contributed by atoms with van der Waals surface area (Å²) in [4.78, 5) is 29.6. The molecule has 34 heavy (non-hydrogen) atoms. The summed E-state index contributed by atoms with van der Waals surface area (Å²) in [5, 5.41) is 0.793. The van der Waals surface area contributed by atoms with Crippen LogP contribution in [0.5, 0.6) is 5.75 Å². The molecule has 2 N–H and O–H groups in total. The molecule has 1 aromatic carbocycles. The molecule has 7 nitrogen and oxygen atoms in total. The molecule has 2 aliphatic heterocycles. The van der Waals surface area contributed by atoms with Crippen LogP contribution < -0.4 is 10.5 Å². The number of nitrogens with two attached hydrogens (primary N) is 1. The van der Waals surface area contributed by atoms with Crippen LogP contribution in [-0.4, -0.2) is 59.6 Å². The van der Waals surface area contributed by atoms with E-state index in [0.29, 0.717) is 48.9 Å². The number of carbonyl (C=O) groups excluding carboxylic acids is 1. The molecule has 0 saturated carbocycles. The summed E-state index contributed by atoms with van der Waals surface area (Å²) in [6.07, 6.45) is 1.46. The zero-order valence-corrected chi connectivity index (χ0v) is 21.6. The minimum atomic E-state index is 0.0997. The summed E-state index contributed by atoms with van der Waals surface area (Å²) in [5.74, 6) is 3.12. The fraction of sp³-hybridized carbons (Fsp3) is 0.538. The maximum atomic E-state index is 12.1. The second-order valence-electron chi connectivity index (χ2n) is 9.97. The maximum Gasteiger partial charge on any atom is 0.186 e. The summed E-state index contributed by atoms with van der Waals surface area (Å²) in [5.41, 5.74) is 9.08. The number of thiazole rings is 1. The summed E-state index contributed by atoms with van der Waals surface area (Å²) in [7, 11) is 0. The number of Topliss-reactive ketones (excluding diaryl/α,β-unsaturated/α-hetero) is 1. The topological polar surface area (TPSA) is 93.2 Å². The first kappa shape index (κ1) is 24.5. The number of benzene rings is 1. The molecule has 182 valence electrons. The van der Waals surface area contributed by atoms with E-state index in [4.69, 9.17) is 15.5 Å². The Morgan fingerprint density at radius 2 is 2.06 bits per heavy atom. The van der Waals surface area contributed by atoms with Crippen molar-refractivity contribution in [3.8, 4) is 17.0 Å². The van der Waals surface area contributed by atoms with Crippen molar-refractivity contribution in [2.75, 3.05) is 26.2 Å². The quantitative estimate of drug-likeness (QED) is 0.470. The number of aromatic nitrogens is 1. The van der Waals surface area contributed by atoms with Gasteiger partial charge in [-0.15, -0.1) is 11.3 Å². The van der Waals surface area contributed by atoms with Gasteiger partial charge in [0.05, 0.1) is 24.7 Å². The monoisotopic (exact) mass is 481 g/mol. The number of rotatable bonds is 7. The van der Waals surface area contributed by atoms with Crippen molar-refractivity contribution in [1.82, 2.24) is 9.88 Å². The Morgan fingerprint density at radius 3 is 2.74 bits per heavy atom. The molecule has 0 amide bonds. The second kappa shape index (κ2) is 10.4. The summed E-state index contributed by atoms with van der Waals surface area (Å²) in [6.45, 7) is 13.0. The minimum absolute atomic E-state index is 0.0997. The van der Waals surface area contributed by atoms with Crippen LogP contribution in [0.25, 0.3) is 11.3 Å². The lowest BCUT2D eigenvalue weighted by molar-refractivity contribution is -0.121. The maximum absolute atomic E-state index is 12.1. The van der Waals surface area contributed by atoms with Crippen molar-refractivity contribution >= 4 is 28.8 Å². The molecule has 0 radical (unpaired) electrons. The third kappa shape index (κ3) is 5.73. The van der Waals surface area contributed by atoms with Crippen molar-refractivity contribution in [3.63, 3.8) is 0 Å². The number of hydrogen-bond acceptors (Lipinski definition) is 6. The van der Waals surface area contributed by atoms with Gasteiger partial charge in [0.25, 0.3) is 0 Å².